The van der Waals surface area contributed by atoms with E-state index >= 15 is 0 Å². The summed E-state index contributed by atoms with van der Waals surface area (Å²) in [5.41, 5.74) is 0. The number of hydrogen-bond acceptors (Lipinski definition) is 2. The highest BCUT2D eigenvalue weighted by molar-refractivity contribution is 5.76. The zero-order chi connectivity index (χ0) is 12.8. The van der Waals surface area contributed by atoms with Crippen LogP contribution >= 0.6 is 0 Å². The van der Waals surface area contributed by atoms with Crippen molar-refractivity contribution in [2.45, 2.75) is 64.5 Å². The second kappa shape index (κ2) is 6.62. The minimum atomic E-state index is -0.878. The summed E-state index contributed by atoms with van der Waals surface area (Å²) in [6.07, 6.45) is 7.14. The number of carbonyl (C=O) groups is 2. The largest absolute Gasteiger partial charge is 0.480 e. The molecule has 1 saturated carbocycles. The lowest BCUT2D eigenvalue weighted by Gasteiger charge is -2.32. The van der Waals surface area contributed by atoms with Gasteiger partial charge in [0.25, 0.3) is 0 Å². The Balaban J connectivity index is 2.64. The number of amides is 1. The molecule has 0 aromatic rings. The van der Waals surface area contributed by atoms with Crippen molar-refractivity contribution >= 4 is 12.4 Å². The van der Waals surface area contributed by atoms with Crippen LogP contribution in [0.2, 0.25) is 0 Å². The van der Waals surface area contributed by atoms with Crippen LogP contribution < -0.4 is 0 Å². The van der Waals surface area contributed by atoms with E-state index in [-0.39, 0.29) is 6.04 Å². The highest BCUT2D eigenvalue weighted by atomic mass is 16.4. The Morgan fingerprint density at radius 1 is 1.35 bits per heavy atom. The van der Waals surface area contributed by atoms with E-state index in [1.807, 2.05) is 13.8 Å². The molecule has 0 aliphatic heterocycles. The third-order valence-electron chi connectivity index (χ3n) is 3.64. The van der Waals surface area contributed by atoms with Crippen LogP contribution in [-0.2, 0) is 9.59 Å². The maximum absolute atomic E-state index is 11.3. The summed E-state index contributed by atoms with van der Waals surface area (Å²) in [6.45, 7) is 3.70. The first-order valence-corrected chi connectivity index (χ1v) is 6.51. The van der Waals surface area contributed by atoms with Crippen molar-refractivity contribution in [3.8, 4) is 0 Å². The minimum absolute atomic E-state index is 0.0582. The van der Waals surface area contributed by atoms with Gasteiger partial charge in [0.1, 0.15) is 6.04 Å². The monoisotopic (exact) mass is 241 g/mol. The van der Waals surface area contributed by atoms with Crippen LogP contribution in [-0.4, -0.2) is 34.5 Å². The van der Waals surface area contributed by atoms with Crippen LogP contribution in [0.25, 0.3) is 0 Å². The van der Waals surface area contributed by atoms with Gasteiger partial charge in [-0.3, -0.25) is 4.79 Å². The number of carbonyl (C=O) groups excluding carboxylic acids is 1. The Kier molecular flexibility index (Phi) is 5.45. The molecular formula is C13H23NO3. The van der Waals surface area contributed by atoms with Gasteiger partial charge in [0.2, 0.25) is 6.41 Å². The van der Waals surface area contributed by atoms with Crippen molar-refractivity contribution in [2.75, 3.05) is 0 Å². The molecule has 4 heteroatoms. The lowest BCUT2D eigenvalue weighted by atomic mass is 9.84. The zero-order valence-corrected chi connectivity index (χ0v) is 10.8. The molecule has 1 N–H and O–H groups in total. The van der Waals surface area contributed by atoms with E-state index in [4.69, 9.17) is 0 Å². The van der Waals surface area contributed by atoms with Crippen LogP contribution in [0.3, 0.4) is 0 Å². The molecular weight excluding hydrogens is 218 g/mol. The first-order chi connectivity index (χ1) is 8.06. The maximum atomic E-state index is 11.3. The van der Waals surface area contributed by atoms with Gasteiger partial charge >= 0.3 is 5.97 Å². The lowest BCUT2D eigenvalue weighted by molar-refractivity contribution is -0.148. The molecule has 1 aliphatic carbocycles. The smallest absolute Gasteiger partial charge is 0.326 e. The Labute approximate surface area is 103 Å². The van der Waals surface area contributed by atoms with Crippen molar-refractivity contribution in [1.29, 1.82) is 0 Å². The molecule has 1 amide bonds. The van der Waals surface area contributed by atoms with E-state index in [0.717, 1.165) is 12.8 Å². The SMILES string of the molecule is CC(C)N(C=O)C(CC1CCCCC1)C(=O)O. The summed E-state index contributed by atoms with van der Waals surface area (Å²) in [5, 5.41) is 9.25. The molecule has 4 nitrogen and oxygen atoms in total. The molecule has 1 fully saturated rings. The summed E-state index contributed by atoms with van der Waals surface area (Å²) in [7, 11) is 0. The van der Waals surface area contributed by atoms with E-state index in [1.54, 1.807) is 0 Å². The van der Waals surface area contributed by atoms with Crippen molar-refractivity contribution in [1.82, 2.24) is 4.90 Å². The average Bonchev–Trinajstić information content (AvgIpc) is 2.29. The third kappa shape index (κ3) is 4.02. The molecule has 0 bridgehead atoms. The number of carboxylic acid groups (broad SMARTS) is 1. The van der Waals surface area contributed by atoms with Crippen LogP contribution in [0.5, 0.6) is 0 Å². The second-order valence-electron chi connectivity index (χ2n) is 5.24. The number of aliphatic carboxylic acids is 1. The molecule has 1 unspecified atom stereocenters. The standard InChI is InChI=1S/C13H23NO3/c1-10(2)14(9-15)12(13(16)17)8-11-6-4-3-5-7-11/h9-12H,3-8H2,1-2H3,(H,16,17). The Hall–Kier alpha value is -1.06. The molecule has 0 saturated heterocycles. The Morgan fingerprint density at radius 3 is 2.35 bits per heavy atom. The van der Waals surface area contributed by atoms with Gasteiger partial charge in [-0.05, 0) is 26.2 Å². The molecule has 0 aromatic carbocycles. The van der Waals surface area contributed by atoms with Gasteiger partial charge in [0, 0.05) is 6.04 Å². The fourth-order valence-corrected chi connectivity index (χ4v) is 2.64. The van der Waals surface area contributed by atoms with Crippen molar-refractivity contribution in [2.24, 2.45) is 5.92 Å². The molecule has 17 heavy (non-hydrogen) atoms. The van der Waals surface area contributed by atoms with E-state index in [2.05, 4.69) is 0 Å². The first-order valence-electron chi connectivity index (χ1n) is 6.51. The van der Waals surface area contributed by atoms with E-state index in [0.29, 0.717) is 18.7 Å². The van der Waals surface area contributed by atoms with Gasteiger partial charge in [-0.25, -0.2) is 4.79 Å². The minimum Gasteiger partial charge on any atom is -0.480 e. The van der Waals surface area contributed by atoms with Crippen LogP contribution in [0, 0.1) is 5.92 Å². The van der Waals surface area contributed by atoms with Gasteiger partial charge in [-0.1, -0.05) is 32.1 Å². The Morgan fingerprint density at radius 2 is 1.94 bits per heavy atom. The lowest BCUT2D eigenvalue weighted by Crippen LogP contribution is -2.45. The number of rotatable bonds is 6. The van der Waals surface area contributed by atoms with Crippen LogP contribution in [0.15, 0.2) is 0 Å². The first kappa shape index (κ1) is 14.0. The highest BCUT2D eigenvalue weighted by Gasteiger charge is 2.29. The fraction of sp³-hybridized carbons (Fsp3) is 0.846. The molecule has 98 valence electrons. The zero-order valence-electron chi connectivity index (χ0n) is 10.8. The number of nitrogens with zero attached hydrogens (tertiary/aromatic N) is 1. The summed E-state index contributed by atoms with van der Waals surface area (Å²) in [6, 6.07) is -0.715. The molecule has 0 spiro atoms. The van der Waals surface area contributed by atoms with Gasteiger partial charge < -0.3 is 10.0 Å². The van der Waals surface area contributed by atoms with Gasteiger partial charge in [-0.2, -0.15) is 0 Å². The molecule has 1 aliphatic rings. The normalized spacial score (nSPS) is 19.0. The van der Waals surface area contributed by atoms with Crippen LogP contribution in [0.1, 0.15) is 52.4 Å². The average molecular weight is 241 g/mol. The van der Waals surface area contributed by atoms with Gasteiger partial charge in [-0.15, -0.1) is 0 Å². The quantitative estimate of drug-likeness (QED) is 0.726. The van der Waals surface area contributed by atoms with Gasteiger partial charge in [0.05, 0.1) is 0 Å². The maximum Gasteiger partial charge on any atom is 0.326 e. The topological polar surface area (TPSA) is 57.6 Å². The van der Waals surface area contributed by atoms with Crippen molar-refractivity contribution in [3.63, 3.8) is 0 Å². The molecule has 0 radical (unpaired) electrons. The third-order valence-corrected chi connectivity index (χ3v) is 3.64. The Bertz CT molecular complexity index is 259. The van der Waals surface area contributed by atoms with Crippen LogP contribution in [0.4, 0.5) is 0 Å². The summed E-state index contributed by atoms with van der Waals surface area (Å²) >= 11 is 0. The predicted octanol–water partition coefficient (Wildman–Crippen LogP) is 2.28. The number of hydrogen-bond donors (Lipinski definition) is 1. The van der Waals surface area contributed by atoms with E-state index < -0.39 is 12.0 Å². The fourth-order valence-electron chi connectivity index (χ4n) is 2.64. The molecule has 1 atom stereocenters. The molecule has 1 rings (SSSR count). The summed E-state index contributed by atoms with van der Waals surface area (Å²) in [5.74, 6) is -0.414. The summed E-state index contributed by atoms with van der Waals surface area (Å²) in [4.78, 5) is 23.7. The van der Waals surface area contributed by atoms with Gasteiger partial charge in [0.15, 0.2) is 0 Å². The summed E-state index contributed by atoms with van der Waals surface area (Å²) < 4.78 is 0. The molecule has 0 heterocycles. The molecule has 0 aromatic heterocycles. The van der Waals surface area contributed by atoms with E-state index in [9.17, 15) is 14.7 Å². The van der Waals surface area contributed by atoms with Crippen molar-refractivity contribution in [3.05, 3.63) is 0 Å². The highest BCUT2D eigenvalue weighted by Crippen LogP contribution is 2.28. The number of carboxylic acids is 1. The predicted molar refractivity (Wildman–Crippen MR) is 65.7 cm³/mol. The van der Waals surface area contributed by atoms with E-state index in [1.165, 1.54) is 24.2 Å². The second-order valence-corrected chi connectivity index (χ2v) is 5.24. The van der Waals surface area contributed by atoms with Crippen molar-refractivity contribution < 1.29 is 14.7 Å².